The third-order valence-electron chi connectivity index (χ3n) is 4.59. The average Bonchev–Trinajstić information content (AvgIpc) is 2.56. The number of anilines is 1. The Morgan fingerprint density at radius 3 is 2.64 bits per heavy atom. The van der Waals surface area contributed by atoms with E-state index in [0.29, 0.717) is 0 Å². The molecule has 0 aromatic heterocycles. The van der Waals surface area contributed by atoms with Gasteiger partial charge in [0, 0.05) is 11.3 Å². The molecule has 1 aliphatic rings. The molecule has 3 rings (SSSR count). The van der Waals surface area contributed by atoms with Crippen molar-refractivity contribution in [2.24, 2.45) is 0 Å². The number of para-hydroxylation sites is 1. The van der Waals surface area contributed by atoms with E-state index < -0.39 is 0 Å². The Hall–Kier alpha value is -2.09. The van der Waals surface area contributed by atoms with Crippen LogP contribution < -0.4 is 5.32 Å². The average molecular weight is 293 g/mol. The number of aryl methyl sites for hydroxylation is 4. The van der Waals surface area contributed by atoms with Gasteiger partial charge < -0.3 is 5.32 Å². The van der Waals surface area contributed by atoms with E-state index in [1.165, 1.54) is 29.5 Å². The van der Waals surface area contributed by atoms with Crippen LogP contribution in [0.25, 0.3) is 0 Å². The number of hydrogen-bond acceptors (Lipinski definition) is 1. The Kier molecular flexibility index (Phi) is 4.28. The van der Waals surface area contributed by atoms with E-state index in [0.717, 1.165) is 36.1 Å². The van der Waals surface area contributed by atoms with Crippen LogP contribution >= 0.6 is 0 Å². The van der Waals surface area contributed by atoms with Gasteiger partial charge >= 0.3 is 0 Å². The van der Waals surface area contributed by atoms with Gasteiger partial charge in [0.05, 0.1) is 0 Å². The quantitative estimate of drug-likeness (QED) is 0.874. The summed E-state index contributed by atoms with van der Waals surface area (Å²) in [7, 11) is 0. The van der Waals surface area contributed by atoms with Gasteiger partial charge in [-0.05, 0) is 73.4 Å². The zero-order chi connectivity index (χ0) is 15.5. The summed E-state index contributed by atoms with van der Waals surface area (Å²) in [6.07, 6.45) is 5.66. The molecule has 2 aromatic carbocycles. The largest absolute Gasteiger partial charge is 0.321 e. The molecule has 114 valence electrons. The smallest absolute Gasteiger partial charge is 0.255 e. The van der Waals surface area contributed by atoms with Crippen LogP contribution in [0.5, 0.6) is 0 Å². The lowest BCUT2D eigenvalue weighted by atomic mass is 9.90. The second kappa shape index (κ2) is 6.35. The highest BCUT2D eigenvalue weighted by atomic mass is 16.1. The predicted molar refractivity (Wildman–Crippen MR) is 91.6 cm³/mol. The van der Waals surface area contributed by atoms with E-state index in [2.05, 4.69) is 30.4 Å². The summed E-state index contributed by atoms with van der Waals surface area (Å²) >= 11 is 0. The first-order chi connectivity index (χ1) is 10.7. The topological polar surface area (TPSA) is 29.1 Å². The molecule has 0 fully saturated rings. The van der Waals surface area contributed by atoms with Gasteiger partial charge in [0.2, 0.25) is 0 Å². The van der Waals surface area contributed by atoms with Crippen LogP contribution in [0.4, 0.5) is 5.69 Å². The van der Waals surface area contributed by atoms with Crippen molar-refractivity contribution in [3.05, 3.63) is 64.2 Å². The lowest BCUT2D eigenvalue weighted by molar-refractivity contribution is 0.102. The molecular weight excluding hydrogens is 270 g/mol. The monoisotopic (exact) mass is 293 g/mol. The molecule has 0 heterocycles. The Balaban J connectivity index is 1.86. The molecular formula is C20H23NO. The number of rotatable bonds is 3. The van der Waals surface area contributed by atoms with E-state index >= 15 is 0 Å². The maximum atomic E-state index is 12.6. The normalized spacial score (nSPS) is 13.5. The molecule has 0 saturated heterocycles. The molecule has 1 N–H and O–H groups in total. The Labute approximate surface area is 132 Å². The summed E-state index contributed by atoms with van der Waals surface area (Å²) < 4.78 is 0. The van der Waals surface area contributed by atoms with Gasteiger partial charge in [-0.15, -0.1) is 0 Å². The molecule has 2 heteroatoms. The minimum Gasteiger partial charge on any atom is -0.321 e. The van der Waals surface area contributed by atoms with Gasteiger partial charge in [-0.2, -0.15) is 0 Å². The van der Waals surface area contributed by atoms with E-state index in [1.54, 1.807) is 0 Å². The predicted octanol–water partition coefficient (Wildman–Crippen LogP) is 4.69. The molecule has 0 unspecified atom stereocenters. The lowest BCUT2D eigenvalue weighted by Crippen LogP contribution is -2.15. The summed E-state index contributed by atoms with van der Waals surface area (Å²) in [6.45, 7) is 4.16. The van der Waals surface area contributed by atoms with E-state index in [1.807, 2.05) is 25.1 Å². The Bertz CT molecular complexity index is 703. The number of carbonyl (C=O) groups is 1. The van der Waals surface area contributed by atoms with Gasteiger partial charge in [0.1, 0.15) is 0 Å². The fourth-order valence-electron chi connectivity index (χ4n) is 3.26. The van der Waals surface area contributed by atoms with Crippen LogP contribution in [0, 0.1) is 6.92 Å². The lowest BCUT2D eigenvalue weighted by Gasteiger charge is -2.17. The maximum Gasteiger partial charge on any atom is 0.255 e. The van der Waals surface area contributed by atoms with Crippen molar-refractivity contribution < 1.29 is 4.79 Å². The molecule has 1 aliphatic carbocycles. The fourth-order valence-corrected chi connectivity index (χ4v) is 3.26. The number of hydrogen-bond donors (Lipinski definition) is 1. The van der Waals surface area contributed by atoms with Crippen molar-refractivity contribution >= 4 is 11.6 Å². The molecule has 2 aromatic rings. The first-order valence-electron chi connectivity index (χ1n) is 8.20. The van der Waals surface area contributed by atoms with Gasteiger partial charge in [-0.25, -0.2) is 0 Å². The van der Waals surface area contributed by atoms with Gasteiger partial charge in [0.25, 0.3) is 5.91 Å². The molecule has 0 aliphatic heterocycles. The number of fused-ring (bicyclic) bond motifs is 1. The SMILES string of the molecule is CCc1cccc(C)c1NC(=O)c1ccc2c(c1)CCCC2. The highest BCUT2D eigenvalue weighted by molar-refractivity contribution is 6.05. The molecule has 0 radical (unpaired) electrons. The zero-order valence-corrected chi connectivity index (χ0v) is 13.4. The van der Waals surface area contributed by atoms with E-state index in [-0.39, 0.29) is 5.91 Å². The van der Waals surface area contributed by atoms with Gasteiger partial charge in [-0.1, -0.05) is 31.2 Å². The highest BCUT2D eigenvalue weighted by Crippen LogP contribution is 2.24. The van der Waals surface area contributed by atoms with E-state index in [4.69, 9.17) is 0 Å². The van der Waals surface area contributed by atoms with Crippen molar-refractivity contribution in [3.63, 3.8) is 0 Å². The third kappa shape index (κ3) is 2.92. The van der Waals surface area contributed by atoms with Crippen LogP contribution in [0.1, 0.15) is 52.4 Å². The first-order valence-corrected chi connectivity index (χ1v) is 8.20. The second-order valence-electron chi connectivity index (χ2n) is 6.11. The van der Waals surface area contributed by atoms with Crippen LogP contribution in [0.3, 0.4) is 0 Å². The molecule has 0 saturated carbocycles. The molecule has 1 amide bonds. The van der Waals surface area contributed by atoms with Crippen LogP contribution in [-0.2, 0) is 19.3 Å². The Morgan fingerprint density at radius 1 is 1.09 bits per heavy atom. The highest BCUT2D eigenvalue weighted by Gasteiger charge is 2.14. The summed E-state index contributed by atoms with van der Waals surface area (Å²) in [4.78, 5) is 12.6. The number of nitrogens with one attached hydrogen (secondary N) is 1. The minimum atomic E-state index is -0.00243. The third-order valence-corrected chi connectivity index (χ3v) is 4.59. The van der Waals surface area contributed by atoms with Crippen LogP contribution in [0.15, 0.2) is 36.4 Å². The van der Waals surface area contributed by atoms with Crippen LogP contribution in [-0.4, -0.2) is 5.91 Å². The van der Waals surface area contributed by atoms with Crippen molar-refractivity contribution in [3.8, 4) is 0 Å². The van der Waals surface area contributed by atoms with Crippen molar-refractivity contribution in [1.82, 2.24) is 0 Å². The molecule has 2 nitrogen and oxygen atoms in total. The molecule has 0 bridgehead atoms. The molecule has 22 heavy (non-hydrogen) atoms. The van der Waals surface area contributed by atoms with Crippen molar-refractivity contribution in [1.29, 1.82) is 0 Å². The number of benzene rings is 2. The molecule has 0 spiro atoms. The summed E-state index contributed by atoms with van der Waals surface area (Å²) in [5, 5.41) is 3.11. The molecule has 0 atom stereocenters. The second-order valence-corrected chi connectivity index (χ2v) is 6.11. The van der Waals surface area contributed by atoms with Crippen molar-refractivity contribution in [2.45, 2.75) is 46.0 Å². The summed E-state index contributed by atoms with van der Waals surface area (Å²) in [5.41, 5.74) is 6.79. The van der Waals surface area contributed by atoms with Crippen LogP contribution in [0.2, 0.25) is 0 Å². The minimum absolute atomic E-state index is 0.00243. The summed E-state index contributed by atoms with van der Waals surface area (Å²) in [5.74, 6) is -0.00243. The van der Waals surface area contributed by atoms with Gasteiger partial charge in [0.15, 0.2) is 0 Å². The Morgan fingerprint density at radius 2 is 1.86 bits per heavy atom. The van der Waals surface area contributed by atoms with E-state index in [9.17, 15) is 4.79 Å². The van der Waals surface area contributed by atoms with Crippen molar-refractivity contribution in [2.75, 3.05) is 5.32 Å². The standard InChI is InChI=1S/C20H23NO/c1-3-15-10-6-7-14(2)19(15)21-20(22)18-12-11-16-8-4-5-9-17(16)13-18/h6-7,10-13H,3-5,8-9H2,1-2H3,(H,21,22). The van der Waals surface area contributed by atoms with Gasteiger partial charge in [-0.3, -0.25) is 4.79 Å². The zero-order valence-electron chi connectivity index (χ0n) is 13.4. The number of carbonyl (C=O) groups excluding carboxylic acids is 1. The number of amides is 1. The fraction of sp³-hybridized carbons (Fsp3) is 0.350. The first kappa shape index (κ1) is 14.8. The maximum absolute atomic E-state index is 12.6. The summed E-state index contributed by atoms with van der Waals surface area (Å²) in [6, 6.07) is 12.3.